The van der Waals surface area contributed by atoms with E-state index in [9.17, 15) is 85.4 Å². The molecule has 488 valence electrons. The third-order valence-electron chi connectivity index (χ3n) is 14.5. The number of benzene rings is 4. The van der Waals surface area contributed by atoms with Gasteiger partial charge in [0.2, 0.25) is 0 Å². The number of fused-ring (bicyclic) bond motifs is 2. The summed E-state index contributed by atoms with van der Waals surface area (Å²) < 4.78 is 143. The van der Waals surface area contributed by atoms with Crippen LogP contribution in [0.5, 0.6) is 0 Å². The van der Waals surface area contributed by atoms with Crippen molar-refractivity contribution in [3.63, 3.8) is 0 Å². The fourth-order valence-corrected chi connectivity index (χ4v) is 12.6. The first kappa shape index (κ1) is 69.2. The Labute approximate surface area is 560 Å². The van der Waals surface area contributed by atoms with Gasteiger partial charge in [-0.1, -0.05) is 12.1 Å². The molecule has 95 heavy (non-hydrogen) atoms. The number of hydrogen-bond acceptors (Lipinski definition) is 15. The summed E-state index contributed by atoms with van der Waals surface area (Å²) in [4.78, 5) is 91.8. The van der Waals surface area contributed by atoms with Crippen LogP contribution in [0.3, 0.4) is 0 Å². The average molecular weight is 1390 g/mol. The largest absolute Gasteiger partial charge is 1.00 e. The molecular formula is C57H52N14NaO19S4+. The molecule has 0 atom stereocenters. The van der Waals surface area contributed by atoms with Crippen molar-refractivity contribution >= 4 is 149 Å². The van der Waals surface area contributed by atoms with Gasteiger partial charge in [-0.3, -0.25) is 47.0 Å². The van der Waals surface area contributed by atoms with Gasteiger partial charge in [0.1, 0.15) is 44.0 Å². The Balaban J connectivity index is 0.0000106. The van der Waals surface area contributed by atoms with Crippen molar-refractivity contribution in [1.29, 1.82) is 0 Å². The number of rotatable bonds is 18. The van der Waals surface area contributed by atoms with Crippen molar-refractivity contribution < 1.29 is 115 Å². The number of carbonyl (C=O) groups excluding carboxylic acids is 7. The van der Waals surface area contributed by atoms with Gasteiger partial charge in [-0.25, -0.2) is 4.79 Å². The number of aromatic nitrogens is 6. The van der Waals surface area contributed by atoms with Crippen LogP contribution in [-0.4, -0.2) is 121 Å². The van der Waals surface area contributed by atoms with Gasteiger partial charge in [0, 0.05) is 112 Å². The average Bonchev–Trinajstić information content (AvgIpc) is 1.70. The van der Waals surface area contributed by atoms with E-state index >= 15 is 0 Å². The van der Waals surface area contributed by atoms with Crippen LogP contribution in [0.1, 0.15) is 62.9 Å². The van der Waals surface area contributed by atoms with E-state index in [1.165, 1.54) is 127 Å². The monoisotopic (exact) mass is 1390 g/mol. The number of aryl methyl sites for hydroxylation is 6. The van der Waals surface area contributed by atoms with E-state index < -0.39 is 102 Å². The molecule has 0 bridgehead atoms. The first-order valence-electron chi connectivity index (χ1n) is 26.9. The number of carbonyl (C=O) groups is 7. The van der Waals surface area contributed by atoms with Crippen molar-refractivity contribution in [3.05, 3.63) is 168 Å². The molecular weight excluding hydrogens is 1340 g/mol. The van der Waals surface area contributed by atoms with Crippen LogP contribution in [-0.2, 0) is 82.8 Å². The van der Waals surface area contributed by atoms with Gasteiger partial charge >= 0.3 is 35.6 Å². The molecule has 33 nitrogen and oxygen atoms in total. The molecule has 6 aromatic heterocycles. The van der Waals surface area contributed by atoms with Gasteiger partial charge < -0.3 is 69.9 Å². The Morgan fingerprint density at radius 2 is 0.526 bits per heavy atom. The van der Waals surface area contributed by atoms with Crippen molar-refractivity contribution in [1.82, 2.24) is 27.4 Å². The Morgan fingerprint density at radius 1 is 0.295 bits per heavy atom. The van der Waals surface area contributed by atoms with Crippen LogP contribution in [0.25, 0.3) is 21.5 Å². The van der Waals surface area contributed by atoms with Crippen LogP contribution in [0, 0.1) is 0 Å². The van der Waals surface area contributed by atoms with Gasteiger partial charge in [-0.05, 0) is 84.9 Å². The molecule has 0 unspecified atom stereocenters. The van der Waals surface area contributed by atoms with E-state index in [1.54, 1.807) is 28.2 Å². The Bertz CT molecular complexity index is 5080. The molecule has 8 amide bonds. The summed E-state index contributed by atoms with van der Waals surface area (Å²) in [6, 6.07) is 17.6. The molecule has 0 aliphatic rings. The van der Waals surface area contributed by atoms with E-state index in [-0.39, 0.29) is 131 Å². The molecule has 0 saturated heterocycles. The van der Waals surface area contributed by atoms with E-state index in [2.05, 4.69) is 42.5 Å². The Kier molecular flexibility index (Phi) is 18.9. The van der Waals surface area contributed by atoms with E-state index in [1.807, 2.05) is 0 Å². The molecule has 10 aromatic rings. The van der Waals surface area contributed by atoms with E-state index in [0.717, 1.165) is 48.5 Å². The van der Waals surface area contributed by atoms with Crippen molar-refractivity contribution in [2.24, 2.45) is 42.3 Å². The Hall–Kier alpha value is -10.2. The van der Waals surface area contributed by atoms with Gasteiger partial charge in [0.25, 0.3) is 75.9 Å². The topological polar surface area (TPSA) is 463 Å². The fourth-order valence-electron chi connectivity index (χ4n) is 10.2. The van der Waals surface area contributed by atoms with E-state index in [4.69, 9.17) is 0 Å². The summed E-state index contributed by atoms with van der Waals surface area (Å²) in [5.74, 6) is -4.03. The molecule has 0 spiro atoms. The maximum atomic E-state index is 13.6. The van der Waals surface area contributed by atoms with Crippen LogP contribution < -0.4 is 72.1 Å². The van der Waals surface area contributed by atoms with Crippen molar-refractivity contribution in [3.8, 4) is 0 Å². The van der Waals surface area contributed by atoms with Crippen molar-refractivity contribution in [2.75, 3.05) is 42.5 Å². The Morgan fingerprint density at radius 3 is 0.758 bits per heavy atom. The van der Waals surface area contributed by atoms with Crippen LogP contribution in [0.4, 0.5) is 50.3 Å². The van der Waals surface area contributed by atoms with Crippen molar-refractivity contribution in [2.45, 2.75) is 19.6 Å². The minimum atomic E-state index is -4.89. The number of nitrogens with one attached hydrogen (secondary N) is 8. The van der Waals surface area contributed by atoms with Gasteiger partial charge in [-0.2, -0.15) is 33.7 Å². The quantitative estimate of drug-likeness (QED) is 0.0433. The number of anilines is 8. The molecule has 0 aliphatic heterocycles. The molecule has 12 N–H and O–H groups in total. The predicted molar refractivity (Wildman–Crippen MR) is 340 cm³/mol. The summed E-state index contributed by atoms with van der Waals surface area (Å²) in [6.07, 6.45) is 8.72. The smallest absolute Gasteiger partial charge is 0.344 e. The van der Waals surface area contributed by atoms with Gasteiger partial charge in [-0.15, -0.1) is 0 Å². The normalized spacial score (nSPS) is 11.8. The molecule has 0 saturated carbocycles. The van der Waals surface area contributed by atoms with Crippen LogP contribution in [0.15, 0.2) is 154 Å². The number of nitrogens with zero attached hydrogens (tertiary/aromatic N) is 6. The van der Waals surface area contributed by atoms with Crippen LogP contribution in [0.2, 0.25) is 0 Å². The third-order valence-corrected chi connectivity index (χ3v) is 18.0. The second-order valence-corrected chi connectivity index (χ2v) is 26.8. The SMILES string of the molecule is Cn1cc(NC(=O)Nc2cc(C(=O)Nc3cc(C(=O)Nc4cc(C(=O)Nc5ccc(S(=O)(=O)O)c6cc(S(=O)(=O)O)ccc56)n(C)c4)n(C)c3)n(C)c2)cc1C(=O)Nc1cc(C(=O)Nc2cc(C(=O)Nc3ccc(S(=O)(=O)O)c4cc(S(=O)(=O)O)ccc34)n(C)c2)n(C)c1.[Na+]. The zero-order valence-corrected chi connectivity index (χ0v) is 55.7. The molecule has 0 radical (unpaired) electrons. The number of hydrogen-bond donors (Lipinski definition) is 12. The minimum Gasteiger partial charge on any atom is -0.344 e. The third kappa shape index (κ3) is 14.9. The van der Waals surface area contributed by atoms with Gasteiger partial charge in [0.15, 0.2) is 0 Å². The zero-order valence-electron chi connectivity index (χ0n) is 50.4. The molecule has 38 heteroatoms. The fraction of sp³-hybridized carbons (Fsp3) is 0.105. The second-order valence-electron chi connectivity index (χ2n) is 21.2. The summed E-state index contributed by atoms with van der Waals surface area (Å²) in [5, 5.41) is 20.6. The maximum absolute atomic E-state index is 13.6. The standard InChI is InChI=1S/C57H52N14O19S4.Na/c1-66-23-29(15-43(66)51(72)60-31-17-47(68(3)25-31)55(76)64-41-11-13-49(93(85,86)87)39-21-35(91(79,80)81)7-9-37(39)41)58-53(74)45-19-33(27-70(45)5)62-57(78)63-34-20-46(71(6)28-34)54(75)59-30-16-44(67(2)24-30)52(73)61-32-18-48(69(4)26-32)56(77)65-42-12-14-50(94(88,89)90)40-22-36(92(82,83)84)8-10-38(40)42;/h7-28H,1-6H3,(H,58,74)(H,59,75)(H,60,72)(H,61,73)(H,64,76)(H,65,77)(H2,62,63,78)(H,79,80,81)(H,82,83,84)(H,85,86,87)(H,88,89,90);/q;+1. The number of amides is 8. The molecule has 6 heterocycles. The summed E-state index contributed by atoms with van der Waals surface area (Å²) >= 11 is 0. The zero-order chi connectivity index (χ0) is 68.4. The second kappa shape index (κ2) is 26.0. The predicted octanol–water partition coefficient (Wildman–Crippen LogP) is 3.17. The summed E-state index contributed by atoms with van der Waals surface area (Å²) in [6.45, 7) is 0. The molecule has 0 fully saturated rings. The maximum Gasteiger partial charge on any atom is 1.00 e. The van der Waals surface area contributed by atoms with E-state index in [0.29, 0.717) is 0 Å². The molecule has 4 aromatic carbocycles. The molecule has 0 aliphatic carbocycles. The first-order chi connectivity index (χ1) is 43.9. The van der Waals surface area contributed by atoms with Gasteiger partial charge in [0.05, 0.1) is 43.9 Å². The minimum absolute atomic E-state index is 0. The first-order valence-corrected chi connectivity index (χ1v) is 32.6. The van der Waals surface area contributed by atoms with Crippen LogP contribution >= 0.6 is 0 Å². The number of urea groups is 1. The summed E-state index contributed by atoms with van der Waals surface area (Å²) in [7, 11) is -10.2. The molecule has 10 rings (SSSR count). The summed E-state index contributed by atoms with van der Waals surface area (Å²) in [5.41, 5.74) is 1.51.